The monoisotopic (exact) mass is 384 g/mol. The van der Waals surface area contributed by atoms with Crippen LogP contribution in [0.2, 0.25) is 0 Å². The van der Waals surface area contributed by atoms with Gasteiger partial charge in [0.05, 0.1) is 36.2 Å². The van der Waals surface area contributed by atoms with E-state index in [0.29, 0.717) is 44.8 Å². The van der Waals surface area contributed by atoms with Crippen molar-refractivity contribution >= 4 is 11.8 Å². The number of nitrogens with zero attached hydrogens (tertiary/aromatic N) is 3. The third-order valence-corrected chi connectivity index (χ3v) is 5.41. The molecule has 0 unspecified atom stereocenters. The second-order valence-corrected chi connectivity index (χ2v) is 7.22. The van der Waals surface area contributed by atoms with Crippen molar-refractivity contribution in [3.05, 3.63) is 47.3 Å². The highest BCUT2D eigenvalue weighted by atomic mass is 16.5. The van der Waals surface area contributed by atoms with Crippen molar-refractivity contribution in [1.29, 1.82) is 0 Å². The topological polar surface area (TPSA) is 96.7 Å². The van der Waals surface area contributed by atoms with Gasteiger partial charge in [0.1, 0.15) is 5.75 Å². The van der Waals surface area contributed by atoms with Crippen LogP contribution in [0.5, 0.6) is 5.75 Å². The molecular weight excluding hydrogens is 360 g/mol. The molecule has 8 heteroatoms. The number of phenolic OH excluding ortho intramolecular Hbond substituents is 1. The number of morpholine rings is 1. The predicted octanol–water partition coefficient (Wildman–Crippen LogP) is 1.05. The summed E-state index contributed by atoms with van der Waals surface area (Å²) in [7, 11) is 0. The fourth-order valence-electron chi connectivity index (χ4n) is 3.79. The Hall–Kier alpha value is -2.87. The maximum absolute atomic E-state index is 12.8. The molecule has 2 aliphatic heterocycles. The number of para-hydroxylation sites is 1. The molecule has 2 aromatic rings. The molecule has 2 amide bonds. The van der Waals surface area contributed by atoms with Crippen molar-refractivity contribution in [2.24, 2.45) is 5.92 Å². The van der Waals surface area contributed by atoms with Crippen LogP contribution in [0.1, 0.15) is 32.8 Å². The summed E-state index contributed by atoms with van der Waals surface area (Å²) < 4.78 is 7.22. The van der Waals surface area contributed by atoms with Crippen LogP contribution < -0.4 is 5.32 Å². The lowest BCUT2D eigenvalue weighted by atomic mass is 9.94. The highest BCUT2D eigenvalue weighted by molar-refractivity contribution is 5.97. The quantitative estimate of drug-likeness (QED) is 0.822. The molecule has 0 spiro atoms. The molecule has 1 aromatic heterocycles. The zero-order valence-corrected chi connectivity index (χ0v) is 15.6. The normalized spacial score (nSPS) is 19.1. The van der Waals surface area contributed by atoms with E-state index in [1.165, 1.54) is 6.07 Å². The molecule has 1 fully saturated rings. The molecule has 3 heterocycles. The molecule has 148 valence electrons. The molecule has 4 rings (SSSR count). The first-order valence-electron chi connectivity index (χ1n) is 9.61. The first-order chi connectivity index (χ1) is 13.6. The van der Waals surface area contributed by atoms with E-state index in [4.69, 9.17) is 4.74 Å². The van der Waals surface area contributed by atoms with Gasteiger partial charge in [-0.1, -0.05) is 12.1 Å². The first-order valence-corrected chi connectivity index (χ1v) is 9.61. The summed E-state index contributed by atoms with van der Waals surface area (Å²) in [5, 5.41) is 17.1. The molecule has 0 radical (unpaired) electrons. The summed E-state index contributed by atoms with van der Waals surface area (Å²) in [6.45, 7) is 3.55. The Morgan fingerprint density at radius 1 is 1.18 bits per heavy atom. The third kappa shape index (κ3) is 3.73. The molecule has 1 saturated heterocycles. The number of carbonyl (C=O) groups is 2. The van der Waals surface area contributed by atoms with Crippen molar-refractivity contribution in [3.63, 3.8) is 0 Å². The van der Waals surface area contributed by atoms with Gasteiger partial charge in [-0.15, -0.1) is 0 Å². The molecule has 2 N–H and O–H groups in total. The summed E-state index contributed by atoms with van der Waals surface area (Å²) in [6, 6.07) is 6.50. The van der Waals surface area contributed by atoms with Gasteiger partial charge in [-0.25, -0.2) is 0 Å². The lowest BCUT2D eigenvalue weighted by Gasteiger charge is -2.28. The van der Waals surface area contributed by atoms with Gasteiger partial charge in [0.25, 0.3) is 11.8 Å². The fraction of sp³-hybridized carbons (Fsp3) is 0.450. The number of hydrogen-bond donors (Lipinski definition) is 2. The van der Waals surface area contributed by atoms with E-state index >= 15 is 0 Å². The predicted molar refractivity (Wildman–Crippen MR) is 101 cm³/mol. The highest BCUT2D eigenvalue weighted by Crippen LogP contribution is 2.24. The number of amides is 2. The average Bonchev–Trinajstić information content (AvgIpc) is 3.15. The van der Waals surface area contributed by atoms with E-state index in [1.807, 2.05) is 9.58 Å². The van der Waals surface area contributed by atoms with E-state index in [2.05, 4.69) is 10.4 Å². The van der Waals surface area contributed by atoms with Gasteiger partial charge in [-0.2, -0.15) is 5.10 Å². The van der Waals surface area contributed by atoms with Crippen LogP contribution >= 0.6 is 0 Å². The molecule has 28 heavy (non-hydrogen) atoms. The number of fused-ring (bicyclic) bond motifs is 1. The number of aromatic hydroxyl groups is 1. The van der Waals surface area contributed by atoms with Crippen molar-refractivity contribution in [2.75, 3.05) is 32.8 Å². The van der Waals surface area contributed by atoms with Crippen LogP contribution in [0.4, 0.5) is 0 Å². The average molecular weight is 384 g/mol. The lowest BCUT2D eigenvalue weighted by molar-refractivity contribution is 0.0301. The first kappa shape index (κ1) is 18.5. The largest absolute Gasteiger partial charge is 0.507 e. The highest BCUT2D eigenvalue weighted by Gasteiger charge is 2.28. The number of nitrogens with one attached hydrogen (secondary N) is 1. The van der Waals surface area contributed by atoms with Crippen LogP contribution in [0, 0.1) is 5.92 Å². The van der Waals surface area contributed by atoms with E-state index in [-0.39, 0.29) is 29.0 Å². The summed E-state index contributed by atoms with van der Waals surface area (Å²) in [5.41, 5.74) is 1.86. The number of benzene rings is 1. The molecular formula is C20H24N4O4. The van der Waals surface area contributed by atoms with Crippen LogP contribution in [0.3, 0.4) is 0 Å². The maximum atomic E-state index is 12.8. The Balaban J connectivity index is 1.40. The Labute approximate surface area is 163 Å². The number of phenols is 1. The van der Waals surface area contributed by atoms with E-state index in [1.54, 1.807) is 24.4 Å². The van der Waals surface area contributed by atoms with E-state index < -0.39 is 0 Å². The van der Waals surface area contributed by atoms with Gasteiger partial charge in [-0.3, -0.25) is 14.3 Å². The second-order valence-electron chi connectivity index (χ2n) is 7.22. The third-order valence-electron chi connectivity index (χ3n) is 5.41. The number of carbonyl (C=O) groups excluding carboxylic acids is 2. The Bertz CT molecular complexity index is 873. The zero-order chi connectivity index (χ0) is 19.5. The van der Waals surface area contributed by atoms with Gasteiger partial charge in [0.2, 0.25) is 0 Å². The van der Waals surface area contributed by atoms with Crippen LogP contribution in [0.25, 0.3) is 0 Å². The summed E-state index contributed by atoms with van der Waals surface area (Å²) in [6.07, 6.45) is 3.23. The maximum Gasteiger partial charge on any atom is 0.257 e. The molecule has 1 aromatic carbocycles. The molecule has 2 aliphatic rings. The van der Waals surface area contributed by atoms with Crippen molar-refractivity contribution < 1.29 is 19.4 Å². The molecule has 8 nitrogen and oxygen atoms in total. The standard InChI is InChI=1S/C20H24N4O4/c25-18-4-2-1-3-15(18)19(26)21-12-14-5-6-24-17(11-14)16(13-22-24)20(27)23-7-9-28-10-8-23/h1-4,13-14,25H,5-12H2,(H,21,26)/t14-/m0/s1. The Kier molecular flexibility index (Phi) is 5.29. The number of rotatable bonds is 4. The summed E-state index contributed by atoms with van der Waals surface area (Å²) in [5.74, 6) is -0.0967. The van der Waals surface area contributed by atoms with Gasteiger partial charge in [-0.05, 0) is 30.9 Å². The van der Waals surface area contributed by atoms with Crippen molar-refractivity contribution in [3.8, 4) is 5.75 Å². The molecule has 0 aliphatic carbocycles. The number of hydrogen-bond acceptors (Lipinski definition) is 5. The number of aromatic nitrogens is 2. The minimum Gasteiger partial charge on any atom is -0.507 e. The van der Waals surface area contributed by atoms with Crippen molar-refractivity contribution in [1.82, 2.24) is 20.0 Å². The smallest absolute Gasteiger partial charge is 0.257 e. The molecule has 0 saturated carbocycles. The SMILES string of the molecule is O=C(NC[C@H]1CCn2ncc(C(=O)N3CCOCC3)c2C1)c1ccccc1O. The van der Waals surface area contributed by atoms with Gasteiger partial charge < -0.3 is 20.1 Å². The van der Waals surface area contributed by atoms with Gasteiger partial charge in [0.15, 0.2) is 0 Å². The van der Waals surface area contributed by atoms with E-state index in [9.17, 15) is 14.7 Å². The number of ether oxygens (including phenoxy) is 1. The summed E-state index contributed by atoms with van der Waals surface area (Å²) >= 11 is 0. The number of aryl methyl sites for hydroxylation is 1. The van der Waals surface area contributed by atoms with Crippen LogP contribution in [-0.4, -0.2) is 64.4 Å². The van der Waals surface area contributed by atoms with E-state index in [0.717, 1.165) is 18.7 Å². The second kappa shape index (κ2) is 8.02. The lowest BCUT2D eigenvalue weighted by Crippen LogP contribution is -2.41. The fourth-order valence-corrected chi connectivity index (χ4v) is 3.79. The minimum atomic E-state index is -0.290. The zero-order valence-electron chi connectivity index (χ0n) is 15.6. The van der Waals surface area contributed by atoms with Gasteiger partial charge in [0, 0.05) is 26.2 Å². The van der Waals surface area contributed by atoms with Crippen LogP contribution in [-0.2, 0) is 17.7 Å². The molecule has 0 bridgehead atoms. The minimum absolute atomic E-state index is 0.00319. The molecule has 1 atom stereocenters. The van der Waals surface area contributed by atoms with Gasteiger partial charge >= 0.3 is 0 Å². The summed E-state index contributed by atoms with van der Waals surface area (Å²) in [4.78, 5) is 27.0. The van der Waals surface area contributed by atoms with Crippen LogP contribution in [0.15, 0.2) is 30.5 Å². The van der Waals surface area contributed by atoms with Crippen molar-refractivity contribution in [2.45, 2.75) is 19.4 Å². The Morgan fingerprint density at radius 3 is 2.75 bits per heavy atom. The Morgan fingerprint density at radius 2 is 1.96 bits per heavy atom.